The van der Waals surface area contributed by atoms with Crippen molar-refractivity contribution in [3.63, 3.8) is 0 Å². The molecule has 0 atom stereocenters. The molecule has 2 aromatic rings. The van der Waals surface area contributed by atoms with Crippen LogP contribution in [-0.4, -0.2) is 6.34 Å². The van der Waals surface area contributed by atoms with Gasteiger partial charge in [-0.1, -0.05) is 23.2 Å². The Kier molecular flexibility index (Phi) is 4.02. The molecular weight excluding hydrogens is 255 g/mol. The summed E-state index contributed by atoms with van der Waals surface area (Å²) in [6.45, 7) is 0. The zero-order valence-electron chi connectivity index (χ0n) is 8.90. The summed E-state index contributed by atoms with van der Waals surface area (Å²) in [5.41, 5.74) is 1.78. The second-order valence-electron chi connectivity index (χ2n) is 3.39. The van der Waals surface area contributed by atoms with E-state index in [1.807, 2.05) is 36.4 Å². The summed E-state index contributed by atoms with van der Waals surface area (Å²) in [4.78, 5) is 4.24. The van der Waals surface area contributed by atoms with Crippen molar-refractivity contribution in [3.8, 4) is 0 Å². The summed E-state index contributed by atoms with van der Waals surface area (Å²) < 4.78 is 0. The Bertz CT molecular complexity index is 504. The fourth-order valence-electron chi connectivity index (χ4n) is 1.25. The highest BCUT2D eigenvalue weighted by Gasteiger charge is 1.90. The van der Waals surface area contributed by atoms with Crippen molar-refractivity contribution in [1.29, 1.82) is 0 Å². The molecule has 0 fully saturated rings. The normalized spacial score (nSPS) is 10.7. The molecule has 0 unspecified atom stereocenters. The quantitative estimate of drug-likeness (QED) is 0.627. The Morgan fingerprint density at radius 3 is 1.94 bits per heavy atom. The van der Waals surface area contributed by atoms with Gasteiger partial charge in [-0.05, 0) is 48.5 Å². The summed E-state index contributed by atoms with van der Waals surface area (Å²) in [5.74, 6) is 0. The van der Waals surface area contributed by atoms with E-state index in [-0.39, 0.29) is 0 Å². The second kappa shape index (κ2) is 5.71. The third kappa shape index (κ3) is 3.77. The molecule has 17 heavy (non-hydrogen) atoms. The van der Waals surface area contributed by atoms with E-state index < -0.39 is 0 Å². The topological polar surface area (TPSA) is 24.4 Å². The highest BCUT2D eigenvalue weighted by Crippen LogP contribution is 2.16. The van der Waals surface area contributed by atoms with Gasteiger partial charge in [0.05, 0.1) is 12.0 Å². The zero-order chi connectivity index (χ0) is 12.1. The first-order chi connectivity index (χ1) is 8.24. The van der Waals surface area contributed by atoms with Gasteiger partial charge in [0.25, 0.3) is 0 Å². The van der Waals surface area contributed by atoms with Crippen LogP contribution in [-0.2, 0) is 0 Å². The number of halogens is 2. The summed E-state index contributed by atoms with van der Waals surface area (Å²) >= 11 is 11.6. The van der Waals surface area contributed by atoms with E-state index in [9.17, 15) is 0 Å². The molecular formula is C13H10Cl2N2. The highest BCUT2D eigenvalue weighted by atomic mass is 35.5. The number of benzene rings is 2. The lowest BCUT2D eigenvalue weighted by molar-refractivity contribution is 1.52. The van der Waals surface area contributed by atoms with Crippen molar-refractivity contribution in [3.05, 3.63) is 58.6 Å². The van der Waals surface area contributed by atoms with Gasteiger partial charge in [-0.2, -0.15) is 0 Å². The number of rotatable bonds is 3. The number of nitrogens with one attached hydrogen (secondary N) is 1. The largest absolute Gasteiger partial charge is 0.346 e. The van der Waals surface area contributed by atoms with Crippen LogP contribution >= 0.6 is 23.2 Å². The summed E-state index contributed by atoms with van der Waals surface area (Å²) in [7, 11) is 0. The average molecular weight is 265 g/mol. The smallest absolute Gasteiger partial charge is 0.0930 e. The van der Waals surface area contributed by atoms with Gasteiger partial charge < -0.3 is 5.32 Å². The van der Waals surface area contributed by atoms with Crippen LogP contribution in [0.3, 0.4) is 0 Å². The van der Waals surface area contributed by atoms with Gasteiger partial charge >= 0.3 is 0 Å². The molecule has 0 aliphatic heterocycles. The minimum absolute atomic E-state index is 0.703. The fraction of sp³-hybridized carbons (Fsp3) is 0. The zero-order valence-corrected chi connectivity index (χ0v) is 10.4. The van der Waals surface area contributed by atoms with Crippen molar-refractivity contribution in [2.75, 3.05) is 5.32 Å². The van der Waals surface area contributed by atoms with E-state index in [0.717, 1.165) is 11.4 Å². The summed E-state index contributed by atoms with van der Waals surface area (Å²) in [5, 5.41) is 4.47. The standard InChI is InChI=1S/C13H10Cl2N2/c14-10-1-5-12(6-2-10)16-9-17-13-7-3-11(15)4-8-13/h1-9H,(H,16,17). The number of aliphatic imine (C=N–C) groups is 1. The summed E-state index contributed by atoms with van der Waals surface area (Å²) in [6, 6.07) is 14.7. The van der Waals surface area contributed by atoms with Crippen molar-refractivity contribution in [1.82, 2.24) is 0 Å². The van der Waals surface area contributed by atoms with Crippen LogP contribution in [0.25, 0.3) is 0 Å². The van der Waals surface area contributed by atoms with E-state index >= 15 is 0 Å². The molecule has 0 spiro atoms. The molecule has 4 heteroatoms. The third-order valence-corrected chi connectivity index (χ3v) is 2.62. The van der Waals surface area contributed by atoms with Crippen LogP contribution in [0.15, 0.2) is 53.5 Å². The lowest BCUT2D eigenvalue weighted by atomic mass is 10.3. The molecule has 0 saturated heterocycles. The Balaban J connectivity index is 1.97. The van der Waals surface area contributed by atoms with E-state index in [0.29, 0.717) is 10.0 Å². The lowest BCUT2D eigenvalue weighted by Gasteiger charge is -1.99. The molecule has 0 aliphatic rings. The van der Waals surface area contributed by atoms with Gasteiger partial charge in [-0.15, -0.1) is 0 Å². The van der Waals surface area contributed by atoms with E-state index in [4.69, 9.17) is 23.2 Å². The van der Waals surface area contributed by atoms with Gasteiger partial charge in [0.2, 0.25) is 0 Å². The van der Waals surface area contributed by atoms with Gasteiger partial charge in [-0.3, -0.25) is 0 Å². The van der Waals surface area contributed by atoms with Crippen LogP contribution in [0.2, 0.25) is 10.0 Å². The number of anilines is 1. The van der Waals surface area contributed by atoms with Crippen molar-refractivity contribution in [2.24, 2.45) is 4.99 Å². The van der Waals surface area contributed by atoms with Crippen LogP contribution in [0.5, 0.6) is 0 Å². The maximum absolute atomic E-state index is 5.78. The molecule has 0 radical (unpaired) electrons. The maximum atomic E-state index is 5.78. The first-order valence-electron chi connectivity index (χ1n) is 5.04. The van der Waals surface area contributed by atoms with Crippen molar-refractivity contribution in [2.45, 2.75) is 0 Å². The molecule has 2 aromatic carbocycles. The highest BCUT2D eigenvalue weighted by molar-refractivity contribution is 6.30. The number of hydrogen-bond acceptors (Lipinski definition) is 1. The Morgan fingerprint density at radius 2 is 1.35 bits per heavy atom. The average Bonchev–Trinajstić information content (AvgIpc) is 2.34. The fourth-order valence-corrected chi connectivity index (χ4v) is 1.51. The predicted molar refractivity (Wildman–Crippen MR) is 74.7 cm³/mol. The molecule has 86 valence electrons. The Labute approximate surface area is 110 Å². The van der Waals surface area contributed by atoms with Gasteiger partial charge in [0.15, 0.2) is 0 Å². The SMILES string of the molecule is Clc1ccc(N=CNc2ccc(Cl)cc2)cc1. The van der Waals surface area contributed by atoms with Gasteiger partial charge in [0.1, 0.15) is 0 Å². The molecule has 2 nitrogen and oxygen atoms in total. The van der Waals surface area contributed by atoms with E-state index in [2.05, 4.69) is 10.3 Å². The predicted octanol–water partition coefficient (Wildman–Crippen LogP) is 4.77. The van der Waals surface area contributed by atoms with E-state index in [1.54, 1.807) is 18.5 Å². The number of nitrogens with zero attached hydrogens (tertiary/aromatic N) is 1. The number of hydrogen-bond donors (Lipinski definition) is 1. The first-order valence-corrected chi connectivity index (χ1v) is 5.80. The molecule has 1 N–H and O–H groups in total. The molecule has 0 bridgehead atoms. The molecule has 0 aliphatic carbocycles. The van der Waals surface area contributed by atoms with Crippen LogP contribution < -0.4 is 5.32 Å². The molecule has 0 heterocycles. The van der Waals surface area contributed by atoms with Gasteiger partial charge in [0, 0.05) is 15.7 Å². The van der Waals surface area contributed by atoms with Crippen LogP contribution in [0.1, 0.15) is 0 Å². The van der Waals surface area contributed by atoms with Crippen molar-refractivity contribution >= 4 is 40.9 Å². The van der Waals surface area contributed by atoms with E-state index in [1.165, 1.54) is 0 Å². The molecule has 0 aromatic heterocycles. The summed E-state index contributed by atoms with van der Waals surface area (Å²) in [6.07, 6.45) is 1.63. The monoisotopic (exact) mass is 264 g/mol. The lowest BCUT2D eigenvalue weighted by Crippen LogP contribution is -1.93. The molecule has 0 amide bonds. The minimum atomic E-state index is 0.703. The third-order valence-electron chi connectivity index (χ3n) is 2.12. The molecule has 2 rings (SSSR count). The van der Waals surface area contributed by atoms with Crippen LogP contribution in [0.4, 0.5) is 11.4 Å². The second-order valence-corrected chi connectivity index (χ2v) is 4.26. The minimum Gasteiger partial charge on any atom is -0.346 e. The Morgan fingerprint density at radius 1 is 0.824 bits per heavy atom. The van der Waals surface area contributed by atoms with Crippen molar-refractivity contribution < 1.29 is 0 Å². The Hall–Kier alpha value is -1.51. The van der Waals surface area contributed by atoms with Crippen LogP contribution in [0, 0.1) is 0 Å². The maximum Gasteiger partial charge on any atom is 0.0930 e. The van der Waals surface area contributed by atoms with Gasteiger partial charge in [-0.25, -0.2) is 4.99 Å². The first kappa shape index (κ1) is 12.0. The molecule has 0 saturated carbocycles.